The molecule has 1 fully saturated rings. The van der Waals surface area contributed by atoms with Gasteiger partial charge in [0.15, 0.2) is 0 Å². The third-order valence-corrected chi connectivity index (χ3v) is 4.22. The molecule has 1 aromatic rings. The van der Waals surface area contributed by atoms with Crippen LogP contribution in [0.3, 0.4) is 0 Å². The topological polar surface area (TPSA) is 46.5 Å². The second-order valence-corrected chi connectivity index (χ2v) is 5.51. The van der Waals surface area contributed by atoms with Crippen LogP contribution in [-0.2, 0) is 9.53 Å². The first-order chi connectivity index (χ1) is 9.67. The maximum atomic E-state index is 11.5. The number of hydrogen-bond donors (Lipinski definition) is 1. The lowest BCUT2D eigenvalue weighted by atomic mass is 9.83. The van der Waals surface area contributed by atoms with Crippen molar-refractivity contribution in [3.05, 3.63) is 40.6 Å². The molecule has 1 saturated carbocycles. The molecule has 108 valence electrons. The van der Waals surface area contributed by atoms with Gasteiger partial charge in [-0.3, -0.25) is 0 Å². The molecular formula is C16H19ClO3. The van der Waals surface area contributed by atoms with Crippen LogP contribution in [0.4, 0.5) is 0 Å². The Morgan fingerprint density at radius 1 is 1.35 bits per heavy atom. The van der Waals surface area contributed by atoms with E-state index >= 15 is 0 Å². The zero-order valence-corrected chi connectivity index (χ0v) is 12.3. The van der Waals surface area contributed by atoms with Crippen molar-refractivity contribution in [1.29, 1.82) is 0 Å². The average molecular weight is 295 g/mol. The fourth-order valence-electron chi connectivity index (χ4n) is 2.79. The molecule has 0 heterocycles. The largest absolute Gasteiger partial charge is 0.515 e. The molecule has 1 aliphatic rings. The molecule has 1 aliphatic carbocycles. The van der Waals surface area contributed by atoms with Crippen LogP contribution in [-0.4, -0.2) is 18.2 Å². The monoisotopic (exact) mass is 294 g/mol. The van der Waals surface area contributed by atoms with Gasteiger partial charge in [-0.25, -0.2) is 4.79 Å². The normalized spacial score (nSPS) is 17.0. The van der Waals surface area contributed by atoms with Gasteiger partial charge in [-0.1, -0.05) is 43.0 Å². The van der Waals surface area contributed by atoms with Gasteiger partial charge in [0.1, 0.15) is 5.57 Å². The Bertz CT molecular complexity index is 516. The quantitative estimate of drug-likeness (QED) is 0.508. The standard InChI is InChI=1S/C16H19ClO3/c1-20-16(19)14(10-18)12-7-8-13(15(17)9-12)11-5-3-2-4-6-11/h7-11,18H,2-6H2,1H3. The molecular weight excluding hydrogens is 276 g/mol. The van der Waals surface area contributed by atoms with Crippen LogP contribution in [0.15, 0.2) is 24.5 Å². The second kappa shape index (κ2) is 6.80. The van der Waals surface area contributed by atoms with Gasteiger partial charge in [-0.05, 0) is 36.0 Å². The molecule has 2 rings (SSSR count). The van der Waals surface area contributed by atoms with Gasteiger partial charge in [0.2, 0.25) is 0 Å². The summed E-state index contributed by atoms with van der Waals surface area (Å²) >= 11 is 6.35. The van der Waals surface area contributed by atoms with Crippen molar-refractivity contribution in [3.8, 4) is 0 Å². The Balaban J connectivity index is 2.27. The predicted molar refractivity (Wildman–Crippen MR) is 79.9 cm³/mol. The third-order valence-electron chi connectivity index (χ3n) is 3.89. The Labute approximate surface area is 124 Å². The second-order valence-electron chi connectivity index (χ2n) is 5.11. The molecule has 0 bridgehead atoms. The van der Waals surface area contributed by atoms with Crippen LogP contribution >= 0.6 is 11.6 Å². The van der Waals surface area contributed by atoms with Crippen molar-refractivity contribution in [2.45, 2.75) is 38.0 Å². The number of benzene rings is 1. The van der Waals surface area contributed by atoms with Gasteiger partial charge in [-0.2, -0.15) is 0 Å². The summed E-state index contributed by atoms with van der Waals surface area (Å²) in [4.78, 5) is 11.5. The lowest BCUT2D eigenvalue weighted by Crippen LogP contribution is -2.07. The summed E-state index contributed by atoms with van der Waals surface area (Å²) in [7, 11) is 1.28. The molecule has 4 heteroatoms. The molecule has 0 aliphatic heterocycles. The van der Waals surface area contributed by atoms with Gasteiger partial charge in [-0.15, -0.1) is 0 Å². The van der Waals surface area contributed by atoms with Crippen molar-refractivity contribution in [3.63, 3.8) is 0 Å². The van der Waals surface area contributed by atoms with Crippen LogP contribution < -0.4 is 0 Å². The summed E-state index contributed by atoms with van der Waals surface area (Å²) in [6.45, 7) is 0. The van der Waals surface area contributed by atoms with Crippen LogP contribution in [0.5, 0.6) is 0 Å². The zero-order chi connectivity index (χ0) is 14.5. The van der Waals surface area contributed by atoms with Gasteiger partial charge in [0, 0.05) is 5.02 Å². The number of methoxy groups -OCH3 is 1. The van der Waals surface area contributed by atoms with Gasteiger partial charge in [0.05, 0.1) is 13.4 Å². The highest BCUT2D eigenvalue weighted by Crippen LogP contribution is 2.37. The number of rotatable bonds is 3. The minimum absolute atomic E-state index is 0.115. The molecule has 20 heavy (non-hydrogen) atoms. The first-order valence-electron chi connectivity index (χ1n) is 6.90. The molecule has 0 saturated heterocycles. The fraction of sp³-hybridized carbons (Fsp3) is 0.438. The van der Waals surface area contributed by atoms with E-state index in [0.717, 1.165) is 11.8 Å². The number of aliphatic hydroxyl groups is 1. The fourth-order valence-corrected chi connectivity index (χ4v) is 3.13. The van der Waals surface area contributed by atoms with E-state index in [0.29, 0.717) is 16.5 Å². The minimum atomic E-state index is -0.575. The van der Waals surface area contributed by atoms with Crippen molar-refractivity contribution in [2.24, 2.45) is 0 Å². The smallest absolute Gasteiger partial charge is 0.341 e. The Morgan fingerprint density at radius 3 is 2.60 bits per heavy atom. The summed E-state index contributed by atoms with van der Waals surface area (Å²) in [5.41, 5.74) is 1.82. The number of ether oxygens (including phenoxy) is 1. The SMILES string of the molecule is COC(=O)C(=CO)c1ccc(C2CCCCC2)c(Cl)c1. The Hall–Kier alpha value is -1.48. The summed E-state index contributed by atoms with van der Waals surface area (Å²) in [6, 6.07) is 5.50. The van der Waals surface area contributed by atoms with Gasteiger partial charge < -0.3 is 9.84 Å². The molecule has 3 nitrogen and oxygen atoms in total. The van der Waals surface area contributed by atoms with E-state index in [9.17, 15) is 9.90 Å². The zero-order valence-electron chi connectivity index (χ0n) is 11.6. The van der Waals surface area contributed by atoms with Crippen molar-refractivity contribution in [2.75, 3.05) is 7.11 Å². The van der Waals surface area contributed by atoms with Gasteiger partial charge in [0.25, 0.3) is 0 Å². The highest BCUT2D eigenvalue weighted by atomic mass is 35.5. The van der Waals surface area contributed by atoms with Crippen molar-refractivity contribution in [1.82, 2.24) is 0 Å². The highest BCUT2D eigenvalue weighted by Gasteiger charge is 2.20. The predicted octanol–water partition coefficient (Wildman–Crippen LogP) is 4.46. The van der Waals surface area contributed by atoms with E-state index in [1.807, 2.05) is 12.1 Å². The molecule has 0 atom stereocenters. The van der Waals surface area contributed by atoms with Crippen LogP contribution in [0.1, 0.15) is 49.1 Å². The lowest BCUT2D eigenvalue weighted by molar-refractivity contribution is -0.133. The molecule has 0 aromatic heterocycles. The Kier molecular flexibility index (Phi) is 5.07. The number of hydrogen-bond acceptors (Lipinski definition) is 3. The lowest BCUT2D eigenvalue weighted by Gasteiger charge is -2.23. The Morgan fingerprint density at radius 2 is 2.05 bits per heavy atom. The first-order valence-corrected chi connectivity index (χ1v) is 7.27. The van der Waals surface area contributed by atoms with E-state index < -0.39 is 5.97 Å². The number of carbonyl (C=O) groups excluding carboxylic acids is 1. The van der Waals surface area contributed by atoms with Crippen molar-refractivity contribution >= 4 is 23.1 Å². The van der Waals surface area contributed by atoms with E-state index in [1.54, 1.807) is 6.07 Å². The summed E-state index contributed by atoms with van der Waals surface area (Å²) in [5.74, 6) is -0.0704. The summed E-state index contributed by atoms with van der Waals surface area (Å²) in [6.07, 6.45) is 6.88. The number of carbonyl (C=O) groups is 1. The van der Waals surface area contributed by atoms with Gasteiger partial charge >= 0.3 is 5.97 Å². The molecule has 0 radical (unpaired) electrons. The molecule has 0 unspecified atom stereocenters. The summed E-state index contributed by atoms with van der Waals surface area (Å²) < 4.78 is 4.63. The van der Waals surface area contributed by atoms with E-state index in [1.165, 1.54) is 39.2 Å². The third kappa shape index (κ3) is 3.15. The minimum Gasteiger partial charge on any atom is -0.515 e. The maximum absolute atomic E-state index is 11.5. The highest BCUT2D eigenvalue weighted by molar-refractivity contribution is 6.32. The number of halogens is 1. The van der Waals surface area contributed by atoms with Crippen molar-refractivity contribution < 1.29 is 14.6 Å². The number of esters is 1. The van der Waals surface area contributed by atoms with E-state index in [-0.39, 0.29) is 5.57 Å². The van der Waals surface area contributed by atoms with Crippen LogP contribution in [0.25, 0.3) is 5.57 Å². The first kappa shape index (κ1) is 14.9. The molecule has 0 spiro atoms. The van der Waals surface area contributed by atoms with Crippen LogP contribution in [0, 0.1) is 0 Å². The molecule has 1 N–H and O–H groups in total. The number of aliphatic hydroxyl groups excluding tert-OH is 1. The molecule has 0 amide bonds. The summed E-state index contributed by atoms with van der Waals surface area (Å²) in [5, 5.41) is 9.83. The van der Waals surface area contributed by atoms with E-state index in [2.05, 4.69) is 4.74 Å². The average Bonchev–Trinajstić information content (AvgIpc) is 2.49. The maximum Gasteiger partial charge on any atom is 0.341 e. The molecule has 1 aromatic carbocycles. The van der Waals surface area contributed by atoms with E-state index in [4.69, 9.17) is 11.6 Å². The van der Waals surface area contributed by atoms with Crippen LogP contribution in [0.2, 0.25) is 5.02 Å².